The van der Waals surface area contributed by atoms with Crippen LogP contribution in [0.2, 0.25) is 0 Å². The van der Waals surface area contributed by atoms with Gasteiger partial charge in [0.2, 0.25) is 5.91 Å². The molecule has 0 aliphatic carbocycles. The molecule has 0 saturated carbocycles. The van der Waals surface area contributed by atoms with Gasteiger partial charge in [0.15, 0.2) is 0 Å². The number of para-hydroxylation sites is 1. The van der Waals surface area contributed by atoms with Gasteiger partial charge < -0.3 is 9.88 Å². The van der Waals surface area contributed by atoms with E-state index in [1.165, 1.54) is 17.4 Å². The fourth-order valence-corrected chi connectivity index (χ4v) is 3.18. The first kappa shape index (κ1) is 18.0. The number of carbonyl (C=O) groups excluding carboxylic acids is 1. The summed E-state index contributed by atoms with van der Waals surface area (Å²) in [7, 11) is 0. The molecule has 3 aromatic rings. The molecule has 3 rings (SSSR count). The molecule has 0 unspecified atom stereocenters. The van der Waals surface area contributed by atoms with Crippen LogP contribution >= 0.6 is 11.3 Å². The van der Waals surface area contributed by atoms with Crippen molar-refractivity contribution in [2.75, 3.05) is 0 Å². The zero-order chi connectivity index (χ0) is 18.7. The van der Waals surface area contributed by atoms with Gasteiger partial charge in [-0.15, -0.1) is 11.3 Å². The van der Waals surface area contributed by atoms with Crippen LogP contribution in [0.3, 0.4) is 0 Å². The van der Waals surface area contributed by atoms with Crippen molar-refractivity contribution in [3.05, 3.63) is 62.6 Å². The summed E-state index contributed by atoms with van der Waals surface area (Å²) in [5.41, 5.74) is 1.19. The molecule has 1 N–H and O–H groups in total. The Labute approximate surface area is 155 Å². The standard InChI is InChI=1S/C19H20N4O2S/c1-12(2)23(18(24)9-8-14-11-26-13(3)20-14)10-17-21-16-7-5-4-6-15(16)19(25)22-17/h4-9,11-12H,10H2,1-3H3,(H,21,22,25)/b9-8+. The molecule has 0 spiro atoms. The van der Waals surface area contributed by atoms with E-state index in [9.17, 15) is 9.59 Å². The van der Waals surface area contributed by atoms with E-state index in [4.69, 9.17) is 0 Å². The first-order valence-electron chi connectivity index (χ1n) is 8.33. The highest BCUT2D eigenvalue weighted by atomic mass is 32.1. The Balaban J connectivity index is 1.83. The smallest absolute Gasteiger partial charge is 0.258 e. The van der Waals surface area contributed by atoms with Gasteiger partial charge in [-0.2, -0.15) is 0 Å². The fourth-order valence-electron chi connectivity index (χ4n) is 2.60. The van der Waals surface area contributed by atoms with Gasteiger partial charge in [-0.05, 0) is 39.0 Å². The number of H-pyrrole nitrogens is 1. The second-order valence-electron chi connectivity index (χ2n) is 6.21. The average Bonchev–Trinajstić information content (AvgIpc) is 3.03. The highest BCUT2D eigenvalue weighted by Gasteiger charge is 2.17. The molecule has 134 valence electrons. The van der Waals surface area contributed by atoms with Crippen molar-refractivity contribution < 1.29 is 4.79 Å². The molecule has 2 aromatic heterocycles. The number of aromatic amines is 1. The molecule has 2 heterocycles. The van der Waals surface area contributed by atoms with E-state index in [1.807, 2.05) is 32.2 Å². The van der Waals surface area contributed by atoms with Crippen molar-refractivity contribution >= 4 is 34.2 Å². The molecular weight excluding hydrogens is 348 g/mol. The molecule has 6 nitrogen and oxygen atoms in total. The molecule has 0 aliphatic rings. The molecule has 0 bridgehead atoms. The maximum absolute atomic E-state index is 12.6. The lowest BCUT2D eigenvalue weighted by Crippen LogP contribution is -2.36. The Hall–Kier alpha value is -2.80. The minimum absolute atomic E-state index is 0.0407. The molecule has 7 heteroatoms. The Kier molecular flexibility index (Phi) is 5.27. The predicted octanol–water partition coefficient (Wildman–Crippen LogP) is 3.14. The summed E-state index contributed by atoms with van der Waals surface area (Å²) >= 11 is 1.54. The van der Waals surface area contributed by atoms with E-state index in [-0.39, 0.29) is 24.1 Å². The van der Waals surface area contributed by atoms with Gasteiger partial charge in [0.1, 0.15) is 5.82 Å². The number of carbonyl (C=O) groups is 1. The fraction of sp³-hybridized carbons (Fsp3) is 0.263. The zero-order valence-electron chi connectivity index (χ0n) is 14.9. The lowest BCUT2D eigenvalue weighted by Gasteiger charge is -2.25. The molecule has 0 fully saturated rings. The molecule has 1 amide bonds. The molecular formula is C19H20N4O2S. The first-order chi connectivity index (χ1) is 12.4. The summed E-state index contributed by atoms with van der Waals surface area (Å²) in [5, 5.41) is 3.40. The Morgan fingerprint density at radius 1 is 1.31 bits per heavy atom. The van der Waals surface area contributed by atoms with Crippen LogP contribution in [-0.2, 0) is 11.3 Å². The van der Waals surface area contributed by atoms with Crippen LogP contribution in [0, 0.1) is 6.92 Å². The number of aryl methyl sites for hydroxylation is 1. The van der Waals surface area contributed by atoms with Gasteiger partial charge in [-0.1, -0.05) is 12.1 Å². The molecule has 0 aliphatic heterocycles. The second kappa shape index (κ2) is 7.61. The summed E-state index contributed by atoms with van der Waals surface area (Å²) in [6, 6.07) is 7.12. The minimum Gasteiger partial charge on any atom is -0.329 e. The highest BCUT2D eigenvalue weighted by molar-refractivity contribution is 7.09. The summed E-state index contributed by atoms with van der Waals surface area (Å²) in [5.74, 6) is 0.315. The quantitative estimate of drug-likeness (QED) is 0.702. The van der Waals surface area contributed by atoms with Gasteiger partial charge >= 0.3 is 0 Å². The number of thiazole rings is 1. The molecule has 0 radical (unpaired) electrons. The van der Waals surface area contributed by atoms with Gasteiger partial charge in [0.25, 0.3) is 5.56 Å². The van der Waals surface area contributed by atoms with Crippen LogP contribution in [0.25, 0.3) is 17.0 Å². The lowest BCUT2D eigenvalue weighted by molar-refractivity contribution is -0.128. The second-order valence-corrected chi connectivity index (χ2v) is 7.28. The normalized spacial score (nSPS) is 11.5. The summed E-state index contributed by atoms with van der Waals surface area (Å²) in [4.78, 5) is 38.0. The van der Waals surface area contributed by atoms with E-state index < -0.39 is 0 Å². The topological polar surface area (TPSA) is 79.0 Å². The Bertz CT molecular complexity index is 1020. The van der Waals surface area contributed by atoms with Gasteiger partial charge in [-0.25, -0.2) is 9.97 Å². The van der Waals surface area contributed by atoms with Crippen molar-refractivity contribution in [1.29, 1.82) is 0 Å². The SMILES string of the molecule is Cc1nc(/C=C/C(=O)N(Cc2nc3ccccc3c(=O)[nH]2)C(C)C)cs1. The minimum atomic E-state index is -0.199. The number of nitrogens with zero attached hydrogens (tertiary/aromatic N) is 3. The van der Waals surface area contributed by atoms with Gasteiger partial charge in [-0.3, -0.25) is 9.59 Å². The van der Waals surface area contributed by atoms with Crippen LogP contribution < -0.4 is 5.56 Å². The lowest BCUT2D eigenvalue weighted by atomic mass is 10.2. The van der Waals surface area contributed by atoms with E-state index in [0.717, 1.165) is 10.7 Å². The predicted molar refractivity (Wildman–Crippen MR) is 104 cm³/mol. The van der Waals surface area contributed by atoms with Crippen LogP contribution in [-0.4, -0.2) is 31.8 Å². The Morgan fingerprint density at radius 2 is 2.08 bits per heavy atom. The van der Waals surface area contributed by atoms with Crippen molar-refractivity contribution in [2.24, 2.45) is 0 Å². The van der Waals surface area contributed by atoms with Crippen molar-refractivity contribution in [3.63, 3.8) is 0 Å². The molecule has 0 atom stereocenters. The maximum Gasteiger partial charge on any atom is 0.258 e. The first-order valence-corrected chi connectivity index (χ1v) is 9.21. The number of aromatic nitrogens is 3. The number of nitrogens with one attached hydrogen (secondary N) is 1. The third-order valence-corrected chi connectivity index (χ3v) is 4.71. The maximum atomic E-state index is 12.6. The van der Waals surface area contributed by atoms with Crippen molar-refractivity contribution in [2.45, 2.75) is 33.4 Å². The number of hydrogen-bond donors (Lipinski definition) is 1. The van der Waals surface area contributed by atoms with Crippen molar-refractivity contribution in [1.82, 2.24) is 19.9 Å². The summed E-state index contributed by atoms with van der Waals surface area (Å²) < 4.78 is 0. The number of rotatable bonds is 5. The average molecular weight is 368 g/mol. The van der Waals surface area contributed by atoms with Crippen LogP contribution in [0.5, 0.6) is 0 Å². The van der Waals surface area contributed by atoms with Crippen LogP contribution in [0.4, 0.5) is 0 Å². The number of benzene rings is 1. The Morgan fingerprint density at radius 3 is 2.77 bits per heavy atom. The zero-order valence-corrected chi connectivity index (χ0v) is 15.7. The molecule has 26 heavy (non-hydrogen) atoms. The van der Waals surface area contributed by atoms with E-state index >= 15 is 0 Å². The third kappa shape index (κ3) is 4.05. The summed E-state index contributed by atoms with van der Waals surface area (Å²) in [6.07, 6.45) is 3.21. The molecule has 0 saturated heterocycles. The van der Waals surface area contributed by atoms with Crippen LogP contribution in [0.1, 0.15) is 30.4 Å². The summed E-state index contributed by atoms with van der Waals surface area (Å²) in [6.45, 7) is 6.01. The van der Waals surface area contributed by atoms with Gasteiger partial charge in [0, 0.05) is 17.5 Å². The number of hydrogen-bond acceptors (Lipinski definition) is 5. The van der Waals surface area contributed by atoms with E-state index in [2.05, 4.69) is 15.0 Å². The monoisotopic (exact) mass is 368 g/mol. The van der Waals surface area contributed by atoms with E-state index in [0.29, 0.717) is 16.7 Å². The van der Waals surface area contributed by atoms with Crippen LogP contribution in [0.15, 0.2) is 40.5 Å². The highest BCUT2D eigenvalue weighted by Crippen LogP contribution is 2.12. The van der Waals surface area contributed by atoms with Gasteiger partial charge in [0.05, 0.1) is 28.1 Å². The van der Waals surface area contributed by atoms with Crippen molar-refractivity contribution in [3.8, 4) is 0 Å². The third-order valence-electron chi connectivity index (χ3n) is 3.92. The largest absolute Gasteiger partial charge is 0.329 e. The van der Waals surface area contributed by atoms with E-state index in [1.54, 1.807) is 29.2 Å². The number of fused-ring (bicyclic) bond motifs is 1. The molecule has 1 aromatic carbocycles. The number of amides is 1.